The molecular formula is C20H21FN4O3. The lowest BCUT2D eigenvalue weighted by Gasteiger charge is -2.15. The van der Waals surface area contributed by atoms with E-state index in [-0.39, 0.29) is 11.7 Å². The molecule has 1 aliphatic rings. The summed E-state index contributed by atoms with van der Waals surface area (Å²) in [6, 6.07) is 6.29. The quantitative estimate of drug-likeness (QED) is 0.731. The van der Waals surface area contributed by atoms with Crippen molar-refractivity contribution in [3.8, 4) is 0 Å². The molecule has 3 aromatic rings. The van der Waals surface area contributed by atoms with Crippen molar-refractivity contribution in [1.82, 2.24) is 20.3 Å². The summed E-state index contributed by atoms with van der Waals surface area (Å²) in [5.41, 5.74) is 4.70. The summed E-state index contributed by atoms with van der Waals surface area (Å²) in [5.74, 6) is 0.142. The highest BCUT2D eigenvalue weighted by Crippen LogP contribution is 2.22. The molecule has 0 aliphatic carbocycles. The molecule has 0 bridgehead atoms. The number of carbonyl (C=O) groups is 1. The summed E-state index contributed by atoms with van der Waals surface area (Å²) in [6.07, 6.45) is 0.681. The fraction of sp³-hybridized carbons (Fsp3) is 0.350. The van der Waals surface area contributed by atoms with E-state index in [9.17, 15) is 9.18 Å². The van der Waals surface area contributed by atoms with Crippen molar-refractivity contribution in [2.75, 3.05) is 6.61 Å². The third-order valence-electron chi connectivity index (χ3n) is 4.96. The monoisotopic (exact) mass is 384 g/mol. The highest BCUT2D eigenvalue weighted by atomic mass is 19.1. The molecule has 146 valence electrons. The maximum atomic E-state index is 13.2. The Labute approximate surface area is 161 Å². The average molecular weight is 384 g/mol. The molecule has 1 amide bonds. The summed E-state index contributed by atoms with van der Waals surface area (Å²) in [6.45, 7) is 5.38. The molecule has 0 saturated heterocycles. The SMILES string of the molecule is Cc1noc(C)c1CNC(=O)c1nn(Cc2ccc(F)cc2)c2c1COCC2. The number of amides is 1. The number of aromatic nitrogens is 3. The summed E-state index contributed by atoms with van der Waals surface area (Å²) >= 11 is 0. The number of hydrogen-bond donors (Lipinski definition) is 1. The van der Waals surface area contributed by atoms with E-state index in [0.29, 0.717) is 44.2 Å². The lowest BCUT2D eigenvalue weighted by molar-refractivity contribution is 0.0922. The number of ether oxygens (including phenoxy) is 1. The molecule has 7 nitrogen and oxygen atoms in total. The molecular weight excluding hydrogens is 363 g/mol. The number of aryl methyl sites for hydroxylation is 2. The van der Waals surface area contributed by atoms with Crippen LogP contribution in [0.5, 0.6) is 0 Å². The molecule has 1 aromatic carbocycles. The number of carbonyl (C=O) groups excluding carboxylic acids is 1. The van der Waals surface area contributed by atoms with Crippen LogP contribution in [-0.4, -0.2) is 27.5 Å². The van der Waals surface area contributed by atoms with Gasteiger partial charge in [-0.25, -0.2) is 4.39 Å². The predicted octanol–water partition coefficient (Wildman–Crippen LogP) is 2.68. The largest absolute Gasteiger partial charge is 0.376 e. The van der Waals surface area contributed by atoms with Crippen molar-refractivity contribution in [2.45, 2.75) is 40.0 Å². The molecule has 8 heteroatoms. The molecule has 0 fully saturated rings. The number of nitrogens with one attached hydrogen (secondary N) is 1. The fourth-order valence-corrected chi connectivity index (χ4v) is 3.39. The van der Waals surface area contributed by atoms with E-state index in [1.807, 2.05) is 18.5 Å². The maximum absolute atomic E-state index is 13.2. The molecule has 0 saturated carbocycles. The highest BCUT2D eigenvalue weighted by Gasteiger charge is 2.25. The normalized spacial score (nSPS) is 13.4. The van der Waals surface area contributed by atoms with E-state index in [0.717, 1.165) is 28.1 Å². The third-order valence-corrected chi connectivity index (χ3v) is 4.96. The van der Waals surface area contributed by atoms with Crippen LogP contribution in [0.15, 0.2) is 28.8 Å². The summed E-state index contributed by atoms with van der Waals surface area (Å²) in [7, 11) is 0. The molecule has 4 rings (SSSR count). The number of benzene rings is 1. The van der Waals surface area contributed by atoms with Crippen LogP contribution in [0.3, 0.4) is 0 Å². The number of fused-ring (bicyclic) bond motifs is 1. The molecule has 0 unspecified atom stereocenters. The fourth-order valence-electron chi connectivity index (χ4n) is 3.39. The van der Waals surface area contributed by atoms with Crippen molar-refractivity contribution in [3.63, 3.8) is 0 Å². The number of hydrogen-bond acceptors (Lipinski definition) is 5. The average Bonchev–Trinajstić information content (AvgIpc) is 3.22. The van der Waals surface area contributed by atoms with Gasteiger partial charge in [0.25, 0.3) is 5.91 Å². The van der Waals surface area contributed by atoms with Gasteiger partial charge in [-0.05, 0) is 31.5 Å². The first-order chi connectivity index (χ1) is 13.5. The van der Waals surface area contributed by atoms with Gasteiger partial charge < -0.3 is 14.6 Å². The minimum atomic E-state index is -0.279. The summed E-state index contributed by atoms with van der Waals surface area (Å²) in [5, 5.41) is 11.3. The van der Waals surface area contributed by atoms with Crippen LogP contribution in [0, 0.1) is 19.7 Å². The van der Waals surface area contributed by atoms with E-state index < -0.39 is 0 Å². The topological polar surface area (TPSA) is 82.2 Å². The van der Waals surface area contributed by atoms with Gasteiger partial charge in [0.05, 0.1) is 25.5 Å². The molecule has 2 aromatic heterocycles. The Balaban J connectivity index is 1.57. The molecule has 0 spiro atoms. The number of rotatable bonds is 5. The van der Waals surface area contributed by atoms with Crippen molar-refractivity contribution in [3.05, 3.63) is 69.6 Å². The molecule has 3 heterocycles. The molecule has 1 aliphatic heterocycles. The summed E-state index contributed by atoms with van der Waals surface area (Å²) in [4.78, 5) is 12.8. The molecule has 0 radical (unpaired) electrons. The lowest BCUT2D eigenvalue weighted by atomic mass is 10.1. The highest BCUT2D eigenvalue weighted by molar-refractivity contribution is 5.94. The van der Waals surface area contributed by atoms with Gasteiger partial charge in [-0.2, -0.15) is 5.10 Å². The van der Waals surface area contributed by atoms with E-state index in [1.54, 1.807) is 12.1 Å². The molecule has 1 N–H and O–H groups in total. The standard InChI is InChI=1S/C20H21FN4O3/c1-12-16(13(2)28-24-12)9-22-20(26)19-17-11-27-8-7-18(17)25(23-19)10-14-3-5-15(21)6-4-14/h3-6H,7-11H2,1-2H3,(H,22,26). The van der Waals surface area contributed by atoms with Crippen LogP contribution < -0.4 is 5.32 Å². The van der Waals surface area contributed by atoms with Crippen LogP contribution >= 0.6 is 0 Å². The van der Waals surface area contributed by atoms with E-state index in [2.05, 4.69) is 15.6 Å². The predicted molar refractivity (Wildman–Crippen MR) is 98.2 cm³/mol. The van der Waals surface area contributed by atoms with Gasteiger partial charge in [0.2, 0.25) is 0 Å². The Morgan fingerprint density at radius 3 is 2.79 bits per heavy atom. The van der Waals surface area contributed by atoms with Gasteiger partial charge in [0.1, 0.15) is 11.6 Å². The van der Waals surface area contributed by atoms with Gasteiger partial charge in [-0.3, -0.25) is 9.48 Å². The lowest BCUT2D eigenvalue weighted by Crippen LogP contribution is -2.25. The second-order valence-electron chi connectivity index (χ2n) is 6.85. The first-order valence-electron chi connectivity index (χ1n) is 9.13. The minimum absolute atomic E-state index is 0.264. The molecule has 0 atom stereocenters. The van der Waals surface area contributed by atoms with Crippen LogP contribution in [0.1, 0.15) is 44.3 Å². The van der Waals surface area contributed by atoms with Crippen molar-refractivity contribution < 1.29 is 18.4 Å². The zero-order valence-electron chi connectivity index (χ0n) is 15.8. The number of nitrogens with zero attached hydrogens (tertiary/aromatic N) is 3. The maximum Gasteiger partial charge on any atom is 0.272 e. The Bertz CT molecular complexity index is 988. The third kappa shape index (κ3) is 3.55. The summed E-state index contributed by atoms with van der Waals surface area (Å²) < 4.78 is 25.7. The van der Waals surface area contributed by atoms with Crippen LogP contribution in [0.2, 0.25) is 0 Å². The van der Waals surface area contributed by atoms with Crippen LogP contribution in [0.4, 0.5) is 4.39 Å². The Hall–Kier alpha value is -3.00. The van der Waals surface area contributed by atoms with Gasteiger partial charge in [-0.1, -0.05) is 17.3 Å². The van der Waals surface area contributed by atoms with Gasteiger partial charge in [-0.15, -0.1) is 0 Å². The van der Waals surface area contributed by atoms with E-state index in [1.165, 1.54) is 12.1 Å². The Kier molecular flexibility index (Phi) is 4.95. The first kappa shape index (κ1) is 18.4. The van der Waals surface area contributed by atoms with E-state index >= 15 is 0 Å². The van der Waals surface area contributed by atoms with Gasteiger partial charge in [0, 0.05) is 29.8 Å². The smallest absolute Gasteiger partial charge is 0.272 e. The zero-order chi connectivity index (χ0) is 19.7. The minimum Gasteiger partial charge on any atom is -0.376 e. The molecule has 28 heavy (non-hydrogen) atoms. The zero-order valence-corrected chi connectivity index (χ0v) is 15.8. The Morgan fingerprint density at radius 2 is 2.07 bits per heavy atom. The number of halogens is 1. The van der Waals surface area contributed by atoms with Gasteiger partial charge in [0.15, 0.2) is 5.69 Å². The Morgan fingerprint density at radius 1 is 1.29 bits per heavy atom. The second-order valence-corrected chi connectivity index (χ2v) is 6.85. The van der Waals surface area contributed by atoms with Crippen LogP contribution in [0.25, 0.3) is 0 Å². The van der Waals surface area contributed by atoms with Crippen molar-refractivity contribution in [2.24, 2.45) is 0 Å². The first-order valence-corrected chi connectivity index (χ1v) is 9.13. The van der Waals surface area contributed by atoms with Gasteiger partial charge >= 0.3 is 0 Å². The van der Waals surface area contributed by atoms with Crippen molar-refractivity contribution >= 4 is 5.91 Å². The van der Waals surface area contributed by atoms with Crippen LogP contribution in [-0.2, 0) is 30.9 Å². The van der Waals surface area contributed by atoms with E-state index in [4.69, 9.17) is 9.26 Å². The second kappa shape index (κ2) is 7.55. The van der Waals surface area contributed by atoms with Crippen molar-refractivity contribution in [1.29, 1.82) is 0 Å².